The average Bonchev–Trinajstić information content (AvgIpc) is 3.39. The fourth-order valence-electron chi connectivity index (χ4n) is 2.89. The number of rotatable bonds is 6. The minimum atomic E-state index is -0.301. The van der Waals surface area contributed by atoms with Crippen molar-refractivity contribution in [1.29, 1.82) is 0 Å². The lowest BCUT2D eigenvalue weighted by molar-refractivity contribution is -0.127. The van der Waals surface area contributed by atoms with Crippen LogP contribution in [0.15, 0.2) is 70.4 Å². The Morgan fingerprint density at radius 2 is 1.89 bits per heavy atom. The summed E-state index contributed by atoms with van der Waals surface area (Å²) in [5.74, 6) is 1.01. The Bertz CT molecular complexity index is 986. The van der Waals surface area contributed by atoms with Gasteiger partial charge >= 0.3 is 0 Å². The molecule has 0 bridgehead atoms. The van der Waals surface area contributed by atoms with Crippen LogP contribution in [0.1, 0.15) is 17.7 Å². The number of hydrogen-bond donors (Lipinski definition) is 0. The van der Waals surface area contributed by atoms with E-state index in [0.29, 0.717) is 29.5 Å². The van der Waals surface area contributed by atoms with Crippen LogP contribution in [0.3, 0.4) is 0 Å². The number of amides is 1. The molecule has 0 spiro atoms. The maximum absolute atomic E-state index is 13.0. The van der Waals surface area contributed by atoms with E-state index in [1.54, 1.807) is 23.4 Å². The van der Waals surface area contributed by atoms with Gasteiger partial charge in [-0.3, -0.25) is 4.79 Å². The largest absolute Gasteiger partial charge is 0.444 e. The summed E-state index contributed by atoms with van der Waals surface area (Å²) in [4.78, 5) is 16.8. The normalized spacial score (nSPS) is 13.6. The van der Waals surface area contributed by atoms with Crippen molar-refractivity contribution in [2.45, 2.75) is 12.2 Å². The van der Waals surface area contributed by atoms with Gasteiger partial charge in [0.15, 0.2) is 0 Å². The summed E-state index contributed by atoms with van der Waals surface area (Å²) < 4.78 is 18.4. The predicted octanol–water partition coefficient (Wildman–Crippen LogP) is 4.35. The van der Waals surface area contributed by atoms with Gasteiger partial charge in [0.1, 0.15) is 12.1 Å². The van der Waals surface area contributed by atoms with Crippen LogP contribution >= 0.6 is 11.8 Å². The van der Waals surface area contributed by atoms with Crippen LogP contribution < -0.4 is 0 Å². The number of hydrogen-bond acceptors (Lipinski definition) is 5. The minimum absolute atomic E-state index is 0.0156. The molecule has 1 aromatic heterocycles. The van der Waals surface area contributed by atoms with Gasteiger partial charge in [0.05, 0.1) is 23.7 Å². The van der Waals surface area contributed by atoms with E-state index in [0.717, 1.165) is 23.4 Å². The van der Waals surface area contributed by atoms with E-state index >= 15 is 0 Å². The highest BCUT2D eigenvalue weighted by molar-refractivity contribution is 7.99. The number of oxazole rings is 1. The monoisotopic (exact) mass is 395 g/mol. The maximum atomic E-state index is 13.0. The van der Waals surface area contributed by atoms with Crippen molar-refractivity contribution in [3.05, 3.63) is 77.9 Å². The van der Waals surface area contributed by atoms with Gasteiger partial charge in [-0.25, -0.2) is 14.4 Å². The van der Waals surface area contributed by atoms with Crippen LogP contribution in [0, 0.1) is 5.82 Å². The Morgan fingerprint density at radius 3 is 2.68 bits per heavy atom. The third-order valence-electron chi connectivity index (χ3n) is 4.32. The zero-order chi connectivity index (χ0) is 19.3. The molecule has 0 aliphatic carbocycles. The summed E-state index contributed by atoms with van der Waals surface area (Å²) in [5, 5.41) is 6.00. The summed E-state index contributed by atoms with van der Waals surface area (Å²) in [7, 11) is 0. The number of hydrazone groups is 1. The van der Waals surface area contributed by atoms with Crippen molar-refractivity contribution in [1.82, 2.24) is 9.99 Å². The van der Waals surface area contributed by atoms with E-state index in [1.807, 2.05) is 30.3 Å². The van der Waals surface area contributed by atoms with Crippen molar-refractivity contribution in [3.8, 4) is 11.5 Å². The topological polar surface area (TPSA) is 58.7 Å². The third kappa shape index (κ3) is 4.31. The van der Waals surface area contributed by atoms with Crippen molar-refractivity contribution in [2.24, 2.45) is 5.10 Å². The summed E-state index contributed by atoms with van der Waals surface area (Å²) in [6, 6.07) is 15.9. The number of halogens is 1. The lowest BCUT2D eigenvalue weighted by Gasteiger charge is -2.10. The molecule has 0 atom stereocenters. The molecule has 1 amide bonds. The van der Waals surface area contributed by atoms with Crippen molar-refractivity contribution < 1.29 is 13.6 Å². The van der Waals surface area contributed by atoms with Crippen LogP contribution in [-0.4, -0.2) is 33.9 Å². The second-order valence-electron chi connectivity index (χ2n) is 6.32. The van der Waals surface area contributed by atoms with E-state index < -0.39 is 0 Å². The van der Waals surface area contributed by atoms with E-state index in [2.05, 4.69) is 10.1 Å². The van der Waals surface area contributed by atoms with Crippen LogP contribution in [0.5, 0.6) is 0 Å². The molecular weight excluding hydrogens is 377 g/mol. The van der Waals surface area contributed by atoms with Crippen LogP contribution in [-0.2, 0) is 10.5 Å². The second-order valence-corrected chi connectivity index (χ2v) is 7.31. The van der Waals surface area contributed by atoms with Gasteiger partial charge in [-0.15, -0.1) is 11.8 Å². The van der Waals surface area contributed by atoms with Crippen molar-refractivity contribution in [2.75, 3.05) is 12.3 Å². The molecule has 28 heavy (non-hydrogen) atoms. The first kappa shape index (κ1) is 18.4. The van der Waals surface area contributed by atoms with Crippen LogP contribution in [0.25, 0.3) is 11.5 Å². The van der Waals surface area contributed by atoms with Gasteiger partial charge in [-0.05, 0) is 29.8 Å². The van der Waals surface area contributed by atoms with Gasteiger partial charge in [0.25, 0.3) is 5.91 Å². The molecule has 0 saturated carbocycles. The highest BCUT2D eigenvalue weighted by atomic mass is 32.2. The standard InChI is InChI=1S/C21H18FN3O2S/c22-17-8-6-16(7-9-17)21-23-18(12-27-21)13-28-14-20(26)25-11-10-19(24-25)15-4-2-1-3-5-15/h1-9,12H,10-11,13-14H2. The molecule has 0 saturated heterocycles. The second kappa shape index (κ2) is 8.39. The molecule has 7 heteroatoms. The fourth-order valence-corrected chi connectivity index (χ4v) is 3.65. The van der Waals surface area contributed by atoms with E-state index in [9.17, 15) is 9.18 Å². The molecule has 2 aromatic carbocycles. The molecule has 3 aromatic rings. The number of carbonyl (C=O) groups excluding carboxylic acids is 1. The SMILES string of the molecule is O=C(CSCc1coc(-c2ccc(F)cc2)n1)N1CCC(c2ccccc2)=N1. The molecule has 142 valence electrons. The van der Waals surface area contributed by atoms with Crippen LogP contribution in [0.4, 0.5) is 4.39 Å². The quantitative estimate of drug-likeness (QED) is 0.623. The zero-order valence-electron chi connectivity index (χ0n) is 15.0. The highest BCUT2D eigenvalue weighted by Gasteiger charge is 2.21. The minimum Gasteiger partial charge on any atom is -0.444 e. The number of thioether (sulfide) groups is 1. The first-order valence-corrected chi connectivity index (χ1v) is 10.1. The number of aromatic nitrogens is 1. The summed E-state index contributed by atoms with van der Waals surface area (Å²) in [5.41, 5.74) is 3.46. The van der Waals surface area contributed by atoms with E-state index in [1.165, 1.54) is 23.9 Å². The molecule has 0 N–H and O–H groups in total. The first-order valence-electron chi connectivity index (χ1n) is 8.90. The molecule has 1 aliphatic rings. The molecule has 5 nitrogen and oxygen atoms in total. The molecule has 0 fully saturated rings. The lowest BCUT2D eigenvalue weighted by atomic mass is 10.1. The Morgan fingerprint density at radius 1 is 1.11 bits per heavy atom. The highest BCUT2D eigenvalue weighted by Crippen LogP contribution is 2.22. The Kier molecular flexibility index (Phi) is 5.53. The van der Waals surface area contributed by atoms with Gasteiger partial charge in [-0.1, -0.05) is 30.3 Å². The zero-order valence-corrected chi connectivity index (χ0v) is 15.9. The fraction of sp³-hybridized carbons (Fsp3) is 0.190. The molecule has 0 radical (unpaired) electrons. The average molecular weight is 395 g/mol. The first-order chi connectivity index (χ1) is 13.7. The predicted molar refractivity (Wildman–Crippen MR) is 107 cm³/mol. The Hall–Kier alpha value is -2.93. The molecule has 2 heterocycles. The van der Waals surface area contributed by atoms with Gasteiger partial charge in [-0.2, -0.15) is 5.10 Å². The maximum Gasteiger partial charge on any atom is 0.252 e. The van der Waals surface area contributed by atoms with E-state index in [-0.39, 0.29) is 11.7 Å². The Balaban J connectivity index is 1.29. The summed E-state index contributed by atoms with van der Waals surface area (Å²) >= 11 is 1.47. The van der Waals surface area contributed by atoms with Crippen molar-refractivity contribution >= 4 is 23.4 Å². The molecule has 0 unspecified atom stereocenters. The number of carbonyl (C=O) groups is 1. The van der Waals surface area contributed by atoms with Gasteiger partial charge in [0.2, 0.25) is 5.89 Å². The van der Waals surface area contributed by atoms with Gasteiger partial charge in [0, 0.05) is 17.7 Å². The third-order valence-corrected chi connectivity index (χ3v) is 5.27. The molecule has 4 rings (SSSR count). The van der Waals surface area contributed by atoms with Crippen LogP contribution in [0.2, 0.25) is 0 Å². The van der Waals surface area contributed by atoms with Gasteiger partial charge < -0.3 is 4.42 Å². The molecular formula is C21H18FN3O2S. The number of benzene rings is 2. The molecule has 1 aliphatic heterocycles. The summed E-state index contributed by atoms with van der Waals surface area (Å²) in [6.07, 6.45) is 2.34. The van der Waals surface area contributed by atoms with E-state index in [4.69, 9.17) is 4.42 Å². The number of nitrogens with zero attached hydrogens (tertiary/aromatic N) is 3. The smallest absolute Gasteiger partial charge is 0.252 e. The summed E-state index contributed by atoms with van der Waals surface area (Å²) in [6.45, 7) is 0.613. The van der Waals surface area contributed by atoms with Crippen molar-refractivity contribution in [3.63, 3.8) is 0 Å². The Labute approximate surface area is 166 Å². The lowest BCUT2D eigenvalue weighted by Crippen LogP contribution is -2.25.